The molecule has 160 valence electrons. The van der Waals surface area contributed by atoms with Gasteiger partial charge in [0.15, 0.2) is 0 Å². The van der Waals surface area contributed by atoms with E-state index in [1.54, 1.807) is 0 Å². The van der Waals surface area contributed by atoms with Crippen molar-refractivity contribution in [1.82, 2.24) is 0 Å². The Balaban J connectivity index is 3.38. The van der Waals surface area contributed by atoms with Gasteiger partial charge in [0.05, 0.1) is 26.1 Å². The lowest BCUT2D eigenvalue weighted by molar-refractivity contribution is -0.151. The molecule has 0 radical (unpaired) electrons. The second kappa shape index (κ2) is 19.7. The van der Waals surface area contributed by atoms with E-state index >= 15 is 0 Å². The highest BCUT2D eigenvalue weighted by Crippen LogP contribution is 2.11. The van der Waals surface area contributed by atoms with Gasteiger partial charge in [0.25, 0.3) is 0 Å². The van der Waals surface area contributed by atoms with Crippen molar-refractivity contribution in [3.8, 4) is 0 Å². The van der Waals surface area contributed by atoms with E-state index in [4.69, 9.17) is 9.47 Å². The molecule has 0 atom stereocenters. The first-order chi connectivity index (χ1) is 13.1. The third-order valence-electron chi connectivity index (χ3n) is 5.18. The van der Waals surface area contributed by atoms with E-state index in [9.17, 15) is 9.59 Å². The molecule has 0 bridgehead atoms. The monoisotopic (exact) mass is 384 g/mol. The molecule has 0 aliphatic carbocycles. The van der Waals surface area contributed by atoms with Crippen LogP contribution in [0.5, 0.6) is 0 Å². The summed E-state index contributed by atoms with van der Waals surface area (Å²) in [5, 5.41) is 0. The van der Waals surface area contributed by atoms with Crippen molar-refractivity contribution >= 4 is 11.9 Å². The lowest BCUT2D eigenvalue weighted by atomic mass is 10.1. The minimum atomic E-state index is -0.298. The summed E-state index contributed by atoms with van der Waals surface area (Å²) in [4.78, 5) is 23.3. The van der Waals surface area contributed by atoms with Gasteiger partial charge in [0, 0.05) is 0 Å². The summed E-state index contributed by atoms with van der Waals surface area (Å²) in [7, 11) is 0. The summed E-state index contributed by atoms with van der Waals surface area (Å²) in [6, 6.07) is 0. The maximum Gasteiger partial charge on any atom is 0.306 e. The zero-order valence-electron chi connectivity index (χ0n) is 18.2. The first kappa shape index (κ1) is 25.9. The SMILES string of the molecule is CCCCCCCCCCCCCOC(=O)CCC(=O)OCC(CC)CC. The Morgan fingerprint density at radius 3 is 1.56 bits per heavy atom. The van der Waals surface area contributed by atoms with Crippen LogP contribution in [0.4, 0.5) is 0 Å². The van der Waals surface area contributed by atoms with Gasteiger partial charge in [-0.05, 0) is 12.3 Å². The van der Waals surface area contributed by atoms with E-state index < -0.39 is 0 Å². The average molecular weight is 385 g/mol. The van der Waals surface area contributed by atoms with Gasteiger partial charge in [-0.3, -0.25) is 9.59 Å². The summed E-state index contributed by atoms with van der Waals surface area (Å²) < 4.78 is 10.4. The van der Waals surface area contributed by atoms with Crippen LogP contribution in [0, 0.1) is 5.92 Å². The molecule has 27 heavy (non-hydrogen) atoms. The number of ether oxygens (including phenoxy) is 2. The van der Waals surface area contributed by atoms with E-state index in [2.05, 4.69) is 20.8 Å². The Bertz CT molecular complexity index is 350. The first-order valence-electron chi connectivity index (χ1n) is 11.4. The zero-order valence-corrected chi connectivity index (χ0v) is 18.2. The standard InChI is InChI=1S/C23H44O4/c1-4-7-8-9-10-11-12-13-14-15-16-19-26-22(24)17-18-23(25)27-20-21(5-2)6-3/h21H,4-20H2,1-3H3. The highest BCUT2D eigenvalue weighted by molar-refractivity contribution is 5.77. The Hall–Kier alpha value is -1.06. The fourth-order valence-corrected chi connectivity index (χ4v) is 3.04. The highest BCUT2D eigenvalue weighted by atomic mass is 16.5. The Kier molecular flexibility index (Phi) is 18.9. The molecule has 0 aliphatic heterocycles. The van der Waals surface area contributed by atoms with Crippen LogP contribution in [0.1, 0.15) is 117 Å². The molecule has 0 saturated heterocycles. The highest BCUT2D eigenvalue weighted by Gasteiger charge is 2.11. The van der Waals surface area contributed by atoms with Crippen molar-refractivity contribution < 1.29 is 19.1 Å². The number of carbonyl (C=O) groups is 2. The van der Waals surface area contributed by atoms with Crippen molar-refractivity contribution in [2.24, 2.45) is 5.92 Å². The molecular weight excluding hydrogens is 340 g/mol. The van der Waals surface area contributed by atoms with Gasteiger partial charge < -0.3 is 9.47 Å². The largest absolute Gasteiger partial charge is 0.466 e. The quantitative estimate of drug-likeness (QED) is 0.186. The van der Waals surface area contributed by atoms with Crippen LogP contribution in [0.15, 0.2) is 0 Å². The van der Waals surface area contributed by atoms with Crippen molar-refractivity contribution in [2.45, 2.75) is 117 Å². The fraction of sp³-hybridized carbons (Fsp3) is 0.913. The number of hydrogen-bond acceptors (Lipinski definition) is 4. The van der Waals surface area contributed by atoms with Crippen LogP contribution < -0.4 is 0 Å². The van der Waals surface area contributed by atoms with Gasteiger partial charge in [-0.25, -0.2) is 0 Å². The van der Waals surface area contributed by atoms with Crippen molar-refractivity contribution in [2.75, 3.05) is 13.2 Å². The molecule has 4 nitrogen and oxygen atoms in total. The van der Waals surface area contributed by atoms with E-state index in [-0.39, 0.29) is 24.8 Å². The number of carbonyl (C=O) groups excluding carboxylic acids is 2. The van der Waals surface area contributed by atoms with Crippen LogP contribution in [0.25, 0.3) is 0 Å². The van der Waals surface area contributed by atoms with Crippen LogP contribution in [0.3, 0.4) is 0 Å². The molecule has 0 N–H and O–H groups in total. The van der Waals surface area contributed by atoms with E-state index in [0.29, 0.717) is 19.1 Å². The summed E-state index contributed by atoms with van der Waals surface area (Å²) in [6.45, 7) is 7.36. The van der Waals surface area contributed by atoms with Crippen LogP contribution in [-0.4, -0.2) is 25.2 Å². The van der Waals surface area contributed by atoms with Gasteiger partial charge in [-0.1, -0.05) is 97.8 Å². The average Bonchev–Trinajstić information content (AvgIpc) is 2.68. The summed E-state index contributed by atoms with van der Waals surface area (Å²) in [5.74, 6) is -0.169. The molecule has 4 heteroatoms. The Morgan fingerprint density at radius 2 is 1.07 bits per heavy atom. The van der Waals surface area contributed by atoms with Crippen LogP contribution >= 0.6 is 0 Å². The third kappa shape index (κ3) is 18.1. The molecule has 0 rings (SSSR count). The number of unbranched alkanes of at least 4 members (excludes halogenated alkanes) is 10. The summed E-state index contributed by atoms with van der Waals surface area (Å²) >= 11 is 0. The number of rotatable bonds is 19. The molecule has 0 saturated carbocycles. The topological polar surface area (TPSA) is 52.6 Å². The summed E-state index contributed by atoms with van der Waals surface area (Å²) in [5.41, 5.74) is 0. The van der Waals surface area contributed by atoms with E-state index in [1.165, 1.54) is 57.8 Å². The zero-order chi connectivity index (χ0) is 20.2. The first-order valence-corrected chi connectivity index (χ1v) is 11.4. The predicted molar refractivity (Wildman–Crippen MR) is 112 cm³/mol. The number of hydrogen-bond donors (Lipinski definition) is 0. The van der Waals surface area contributed by atoms with Crippen LogP contribution in [0.2, 0.25) is 0 Å². The van der Waals surface area contributed by atoms with Gasteiger partial charge in [-0.15, -0.1) is 0 Å². The van der Waals surface area contributed by atoms with E-state index in [0.717, 1.165) is 25.7 Å². The fourth-order valence-electron chi connectivity index (χ4n) is 3.04. The molecule has 0 aromatic heterocycles. The van der Waals surface area contributed by atoms with Gasteiger partial charge >= 0.3 is 11.9 Å². The van der Waals surface area contributed by atoms with E-state index in [1.807, 2.05) is 0 Å². The molecule has 0 amide bonds. The maximum atomic E-state index is 11.7. The smallest absolute Gasteiger partial charge is 0.306 e. The molecule has 0 aromatic rings. The normalized spacial score (nSPS) is 11.0. The molecule has 0 spiro atoms. The van der Waals surface area contributed by atoms with Crippen molar-refractivity contribution in [1.29, 1.82) is 0 Å². The molecule has 0 aromatic carbocycles. The Morgan fingerprint density at radius 1 is 0.630 bits per heavy atom. The minimum Gasteiger partial charge on any atom is -0.466 e. The van der Waals surface area contributed by atoms with Crippen LogP contribution in [-0.2, 0) is 19.1 Å². The van der Waals surface area contributed by atoms with Gasteiger partial charge in [-0.2, -0.15) is 0 Å². The molecule has 0 heterocycles. The third-order valence-corrected chi connectivity index (χ3v) is 5.18. The second-order valence-corrected chi connectivity index (χ2v) is 7.62. The molecule has 0 unspecified atom stereocenters. The summed E-state index contributed by atoms with van der Waals surface area (Å²) in [6.07, 6.45) is 16.3. The van der Waals surface area contributed by atoms with Crippen molar-refractivity contribution in [3.63, 3.8) is 0 Å². The number of esters is 2. The molecule has 0 fully saturated rings. The van der Waals surface area contributed by atoms with Crippen molar-refractivity contribution in [3.05, 3.63) is 0 Å². The lowest BCUT2D eigenvalue weighted by Crippen LogP contribution is -2.15. The minimum absolute atomic E-state index is 0.122. The maximum absolute atomic E-state index is 11.7. The molecule has 0 aliphatic rings. The van der Waals surface area contributed by atoms with Gasteiger partial charge in [0.2, 0.25) is 0 Å². The second-order valence-electron chi connectivity index (χ2n) is 7.62. The lowest BCUT2D eigenvalue weighted by Gasteiger charge is -2.12. The Labute approximate surface area is 167 Å². The van der Waals surface area contributed by atoms with Gasteiger partial charge in [0.1, 0.15) is 0 Å². The predicted octanol–water partition coefficient (Wildman–Crippen LogP) is 6.60. The molecular formula is C23H44O4.